The fraction of sp³-hybridized carbons (Fsp3) is 0.533. The number of sulfonamides is 1. The van der Waals surface area contributed by atoms with Gasteiger partial charge in [-0.3, -0.25) is 9.69 Å². The fourth-order valence-electron chi connectivity index (χ4n) is 3.09. The van der Waals surface area contributed by atoms with Crippen LogP contribution in [-0.2, 0) is 19.6 Å². The molecular weight excluding hydrogens is 304 g/mol. The number of nitrogens with one attached hydrogen (secondary N) is 1. The number of benzene rings is 1. The molecular formula is C15H20N2O4S. The Morgan fingerprint density at radius 3 is 2.64 bits per heavy atom. The molecule has 6 nitrogen and oxygen atoms in total. The van der Waals surface area contributed by atoms with Crippen LogP contribution in [0.25, 0.3) is 0 Å². The Labute approximate surface area is 130 Å². The molecule has 0 saturated carbocycles. The molecule has 2 atom stereocenters. The quantitative estimate of drug-likeness (QED) is 0.827. The zero-order valence-electron chi connectivity index (χ0n) is 12.3. The van der Waals surface area contributed by atoms with Crippen molar-refractivity contribution in [2.45, 2.75) is 36.2 Å². The topological polar surface area (TPSA) is 75.7 Å². The van der Waals surface area contributed by atoms with Gasteiger partial charge in [0, 0.05) is 19.0 Å². The van der Waals surface area contributed by atoms with E-state index in [1.165, 1.54) is 0 Å². The predicted molar refractivity (Wildman–Crippen MR) is 80.7 cm³/mol. The van der Waals surface area contributed by atoms with E-state index in [0.29, 0.717) is 19.6 Å². The lowest BCUT2D eigenvalue weighted by molar-refractivity contribution is -0.142. The van der Waals surface area contributed by atoms with Crippen LogP contribution in [-0.4, -0.2) is 51.1 Å². The van der Waals surface area contributed by atoms with E-state index in [0.717, 1.165) is 19.4 Å². The van der Waals surface area contributed by atoms with Crippen LogP contribution >= 0.6 is 0 Å². The summed E-state index contributed by atoms with van der Waals surface area (Å²) < 4.78 is 32.5. The van der Waals surface area contributed by atoms with Crippen molar-refractivity contribution in [3.63, 3.8) is 0 Å². The third kappa shape index (κ3) is 3.31. The van der Waals surface area contributed by atoms with E-state index in [9.17, 15) is 13.2 Å². The van der Waals surface area contributed by atoms with Crippen LogP contribution in [0.1, 0.15) is 19.3 Å². The molecule has 0 bridgehead atoms. The third-order valence-electron chi connectivity index (χ3n) is 4.18. The van der Waals surface area contributed by atoms with Gasteiger partial charge in [0.25, 0.3) is 0 Å². The molecule has 0 aromatic heterocycles. The Morgan fingerprint density at radius 1 is 1.18 bits per heavy atom. The number of carbonyl (C=O) groups excluding carboxylic acids is 1. The summed E-state index contributed by atoms with van der Waals surface area (Å²) in [4.78, 5) is 14.0. The molecule has 3 rings (SSSR count). The largest absolute Gasteiger partial charge is 0.464 e. The summed E-state index contributed by atoms with van der Waals surface area (Å²) in [5, 5.41) is 0. The number of piperidine rings is 1. The Kier molecular flexibility index (Phi) is 4.46. The van der Waals surface area contributed by atoms with Gasteiger partial charge >= 0.3 is 5.97 Å². The van der Waals surface area contributed by atoms with Gasteiger partial charge in [-0.25, -0.2) is 13.1 Å². The Morgan fingerprint density at radius 2 is 1.95 bits per heavy atom. The first-order valence-electron chi connectivity index (χ1n) is 7.54. The summed E-state index contributed by atoms with van der Waals surface area (Å²) in [5.74, 6) is -0.188. The first kappa shape index (κ1) is 15.5. The van der Waals surface area contributed by atoms with Crippen molar-refractivity contribution >= 4 is 16.0 Å². The molecule has 1 aromatic rings. The van der Waals surface area contributed by atoms with Gasteiger partial charge in [0.2, 0.25) is 10.0 Å². The average Bonchev–Trinajstić information content (AvgIpc) is 2.94. The maximum absolute atomic E-state index is 12.4. The van der Waals surface area contributed by atoms with E-state index < -0.39 is 10.0 Å². The number of cyclic esters (lactones) is 1. The molecule has 2 saturated heterocycles. The lowest BCUT2D eigenvalue weighted by Crippen LogP contribution is -2.52. The second kappa shape index (κ2) is 6.36. The van der Waals surface area contributed by atoms with Crippen molar-refractivity contribution < 1.29 is 17.9 Å². The molecule has 0 spiro atoms. The summed E-state index contributed by atoms with van der Waals surface area (Å²) >= 11 is 0. The predicted octanol–water partition coefficient (Wildman–Crippen LogP) is 0.745. The Balaban J connectivity index is 1.66. The van der Waals surface area contributed by atoms with Gasteiger partial charge in [0.15, 0.2) is 0 Å². The van der Waals surface area contributed by atoms with Gasteiger partial charge in [-0.05, 0) is 31.5 Å². The SMILES string of the molecule is O=C1OCCC1N1CCCC(NS(=O)(=O)c2ccccc2)C1. The third-order valence-corrected chi connectivity index (χ3v) is 5.71. The molecule has 1 aromatic carbocycles. The summed E-state index contributed by atoms with van der Waals surface area (Å²) in [6.45, 7) is 1.82. The van der Waals surface area contributed by atoms with Crippen LogP contribution in [0.4, 0.5) is 0 Å². The van der Waals surface area contributed by atoms with Gasteiger partial charge < -0.3 is 4.74 Å². The van der Waals surface area contributed by atoms with E-state index in [4.69, 9.17) is 4.74 Å². The van der Waals surface area contributed by atoms with Crippen LogP contribution in [0.5, 0.6) is 0 Å². The summed E-state index contributed by atoms with van der Waals surface area (Å²) in [6, 6.07) is 7.96. The van der Waals surface area contributed by atoms with Crippen molar-refractivity contribution in [2.75, 3.05) is 19.7 Å². The molecule has 0 aliphatic carbocycles. The van der Waals surface area contributed by atoms with Crippen LogP contribution < -0.4 is 4.72 Å². The average molecular weight is 324 g/mol. The van der Waals surface area contributed by atoms with E-state index in [-0.39, 0.29) is 22.9 Å². The zero-order chi connectivity index (χ0) is 15.6. The zero-order valence-corrected chi connectivity index (χ0v) is 13.1. The van der Waals surface area contributed by atoms with E-state index in [1.54, 1.807) is 30.3 Å². The highest BCUT2D eigenvalue weighted by Crippen LogP contribution is 2.21. The number of likely N-dealkylation sites (tertiary alicyclic amines) is 1. The lowest BCUT2D eigenvalue weighted by atomic mass is 10.0. The van der Waals surface area contributed by atoms with Crippen LogP contribution in [0, 0.1) is 0 Å². The van der Waals surface area contributed by atoms with Crippen molar-refractivity contribution in [3.8, 4) is 0 Å². The second-order valence-corrected chi connectivity index (χ2v) is 7.45. The normalized spacial score (nSPS) is 26.8. The van der Waals surface area contributed by atoms with Crippen molar-refractivity contribution in [3.05, 3.63) is 30.3 Å². The standard InChI is InChI=1S/C15H20N2O4S/c18-15-14(8-10-21-15)17-9-4-5-12(11-17)16-22(19,20)13-6-2-1-3-7-13/h1-3,6-7,12,14,16H,4-5,8-11H2. The van der Waals surface area contributed by atoms with Crippen molar-refractivity contribution in [1.29, 1.82) is 0 Å². The molecule has 2 aliphatic heterocycles. The maximum Gasteiger partial charge on any atom is 0.323 e. The fourth-order valence-corrected chi connectivity index (χ4v) is 4.37. The highest BCUT2D eigenvalue weighted by molar-refractivity contribution is 7.89. The molecule has 0 amide bonds. The van der Waals surface area contributed by atoms with Gasteiger partial charge in [0.1, 0.15) is 6.04 Å². The number of hydrogen-bond acceptors (Lipinski definition) is 5. The van der Waals surface area contributed by atoms with Gasteiger partial charge in [-0.2, -0.15) is 0 Å². The van der Waals surface area contributed by atoms with Crippen molar-refractivity contribution in [2.24, 2.45) is 0 Å². The molecule has 0 radical (unpaired) electrons. The summed E-state index contributed by atoms with van der Waals surface area (Å²) in [6.07, 6.45) is 2.34. The summed E-state index contributed by atoms with van der Waals surface area (Å²) in [7, 11) is -3.51. The first-order chi connectivity index (χ1) is 10.6. The molecule has 1 N–H and O–H groups in total. The smallest absolute Gasteiger partial charge is 0.323 e. The number of nitrogens with zero attached hydrogens (tertiary/aromatic N) is 1. The first-order valence-corrected chi connectivity index (χ1v) is 9.03. The minimum atomic E-state index is -3.51. The van der Waals surface area contributed by atoms with Crippen LogP contribution in [0.15, 0.2) is 35.2 Å². The van der Waals surface area contributed by atoms with E-state index >= 15 is 0 Å². The molecule has 2 fully saturated rings. The molecule has 22 heavy (non-hydrogen) atoms. The highest BCUT2D eigenvalue weighted by Gasteiger charge is 2.36. The number of hydrogen-bond donors (Lipinski definition) is 1. The molecule has 2 unspecified atom stereocenters. The van der Waals surface area contributed by atoms with Crippen molar-refractivity contribution in [1.82, 2.24) is 9.62 Å². The minimum absolute atomic E-state index is 0.174. The highest BCUT2D eigenvalue weighted by atomic mass is 32.2. The number of esters is 1. The summed E-state index contributed by atoms with van der Waals surface area (Å²) in [5.41, 5.74) is 0. The molecule has 2 heterocycles. The minimum Gasteiger partial charge on any atom is -0.464 e. The lowest BCUT2D eigenvalue weighted by Gasteiger charge is -2.35. The molecule has 120 valence electrons. The monoisotopic (exact) mass is 324 g/mol. The number of carbonyl (C=O) groups is 1. The van der Waals surface area contributed by atoms with E-state index in [1.807, 2.05) is 4.90 Å². The van der Waals surface area contributed by atoms with Gasteiger partial charge in [-0.1, -0.05) is 18.2 Å². The second-order valence-electron chi connectivity index (χ2n) is 5.74. The number of rotatable bonds is 4. The number of ether oxygens (including phenoxy) is 1. The van der Waals surface area contributed by atoms with Gasteiger partial charge in [0.05, 0.1) is 11.5 Å². The Hall–Kier alpha value is -1.44. The van der Waals surface area contributed by atoms with Crippen LogP contribution in [0.2, 0.25) is 0 Å². The molecule has 7 heteroatoms. The van der Waals surface area contributed by atoms with Crippen LogP contribution in [0.3, 0.4) is 0 Å². The maximum atomic E-state index is 12.4. The van der Waals surface area contributed by atoms with Gasteiger partial charge in [-0.15, -0.1) is 0 Å². The Bertz CT molecular complexity index is 632. The van der Waals surface area contributed by atoms with E-state index in [2.05, 4.69) is 4.72 Å². The molecule has 2 aliphatic rings.